The number of carboxylic acid groups (broad SMARTS) is 1. The van der Waals surface area contributed by atoms with Gasteiger partial charge in [0, 0.05) is 13.6 Å². The quantitative estimate of drug-likeness (QED) is 0.622. The maximum absolute atomic E-state index is 12.1. The van der Waals surface area contributed by atoms with Crippen LogP contribution in [0.25, 0.3) is 0 Å². The Bertz CT molecular complexity index is 642. The van der Waals surface area contributed by atoms with E-state index >= 15 is 0 Å². The number of amides is 2. The molecule has 1 atom stereocenters. The summed E-state index contributed by atoms with van der Waals surface area (Å²) in [4.78, 5) is 36.3. The summed E-state index contributed by atoms with van der Waals surface area (Å²) in [6.07, 6.45) is 0.133. The molecule has 0 saturated heterocycles. The predicted octanol–water partition coefficient (Wildman–Crippen LogP) is 3.40. The van der Waals surface area contributed by atoms with Gasteiger partial charge in [0.15, 0.2) is 0 Å². The first-order valence-electron chi connectivity index (χ1n) is 9.23. The zero-order valence-corrected chi connectivity index (χ0v) is 16.9. The largest absolute Gasteiger partial charge is 0.480 e. The number of rotatable bonds is 9. The van der Waals surface area contributed by atoms with E-state index in [2.05, 4.69) is 5.32 Å². The summed E-state index contributed by atoms with van der Waals surface area (Å²) in [5, 5.41) is 12.0. The highest BCUT2D eigenvalue weighted by Crippen LogP contribution is 2.11. The summed E-state index contributed by atoms with van der Waals surface area (Å²) in [6, 6.07) is 8.16. The number of carbonyl (C=O) groups excluding carboxylic acids is 2. The smallest absolute Gasteiger partial charge is 0.410 e. The molecule has 156 valence electrons. The molecule has 8 nitrogen and oxygen atoms in total. The third-order valence-electron chi connectivity index (χ3n) is 3.82. The molecule has 2 N–H and O–H groups in total. The van der Waals surface area contributed by atoms with Crippen molar-refractivity contribution in [1.29, 1.82) is 0 Å². The van der Waals surface area contributed by atoms with Crippen molar-refractivity contribution in [2.75, 3.05) is 13.6 Å². The Kier molecular flexibility index (Phi) is 9.27. The Morgan fingerprint density at radius 2 is 1.79 bits per heavy atom. The summed E-state index contributed by atoms with van der Waals surface area (Å²) in [6.45, 7) is 5.77. The average molecular weight is 394 g/mol. The fraction of sp³-hybridized carbons (Fsp3) is 0.550. The number of likely N-dealkylation sites (N-methyl/N-ethyl adjacent to an activating group) is 1. The van der Waals surface area contributed by atoms with E-state index in [1.54, 1.807) is 20.8 Å². The Labute approximate surface area is 165 Å². The van der Waals surface area contributed by atoms with E-state index in [4.69, 9.17) is 9.47 Å². The minimum Gasteiger partial charge on any atom is -0.480 e. The molecule has 0 aliphatic rings. The Morgan fingerprint density at radius 3 is 2.36 bits per heavy atom. The molecule has 1 aromatic carbocycles. The van der Waals surface area contributed by atoms with E-state index in [0.29, 0.717) is 19.4 Å². The van der Waals surface area contributed by atoms with Crippen molar-refractivity contribution in [2.24, 2.45) is 0 Å². The SMILES string of the molecule is CN(C(=O)OCc1ccccc1)[C@H](CCCCNC(=O)OC(C)(C)C)C(=O)O. The molecule has 0 saturated carbocycles. The van der Waals surface area contributed by atoms with Crippen LogP contribution in [0.15, 0.2) is 30.3 Å². The zero-order valence-electron chi connectivity index (χ0n) is 16.9. The van der Waals surface area contributed by atoms with Crippen molar-refractivity contribution < 1.29 is 29.0 Å². The number of hydrogen-bond donors (Lipinski definition) is 2. The van der Waals surface area contributed by atoms with Gasteiger partial charge in [-0.25, -0.2) is 14.4 Å². The van der Waals surface area contributed by atoms with E-state index in [1.165, 1.54) is 7.05 Å². The summed E-state index contributed by atoms with van der Waals surface area (Å²) in [7, 11) is 1.41. The van der Waals surface area contributed by atoms with E-state index in [9.17, 15) is 19.5 Å². The third kappa shape index (κ3) is 9.25. The number of ether oxygens (including phenoxy) is 2. The standard InChI is InChI=1S/C20H30N2O6/c1-20(2,3)28-18(25)21-13-9-8-12-16(17(23)24)22(4)19(26)27-14-15-10-6-5-7-11-15/h5-7,10-11,16H,8-9,12-14H2,1-4H3,(H,21,25)(H,23,24)/t16-/m1/s1. The molecule has 2 amide bonds. The Balaban J connectivity index is 2.37. The molecule has 0 unspecified atom stereocenters. The van der Waals surface area contributed by atoms with Crippen LogP contribution in [0.1, 0.15) is 45.6 Å². The highest BCUT2D eigenvalue weighted by molar-refractivity contribution is 5.79. The fourth-order valence-electron chi connectivity index (χ4n) is 2.40. The number of benzene rings is 1. The van der Waals surface area contributed by atoms with Gasteiger partial charge >= 0.3 is 18.2 Å². The molecule has 28 heavy (non-hydrogen) atoms. The van der Waals surface area contributed by atoms with Crippen molar-refractivity contribution in [2.45, 2.75) is 58.3 Å². The number of unbranched alkanes of at least 4 members (excludes halogenated alkanes) is 1. The molecule has 0 aliphatic carbocycles. The normalized spacial score (nSPS) is 12.0. The number of carbonyl (C=O) groups is 3. The van der Waals surface area contributed by atoms with Crippen LogP contribution < -0.4 is 5.32 Å². The number of nitrogens with zero attached hydrogens (tertiary/aromatic N) is 1. The van der Waals surface area contributed by atoms with Gasteiger partial charge in [0.2, 0.25) is 0 Å². The lowest BCUT2D eigenvalue weighted by atomic mass is 10.1. The van der Waals surface area contributed by atoms with Crippen LogP contribution in [0.3, 0.4) is 0 Å². The Hall–Kier alpha value is -2.77. The van der Waals surface area contributed by atoms with Crippen LogP contribution >= 0.6 is 0 Å². The number of nitrogens with one attached hydrogen (secondary N) is 1. The van der Waals surface area contributed by atoms with Gasteiger partial charge in [0.25, 0.3) is 0 Å². The highest BCUT2D eigenvalue weighted by Gasteiger charge is 2.27. The Morgan fingerprint density at radius 1 is 1.14 bits per heavy atom. The lowest BCUT2D eigenvalue weighted by Gasteiger charge is -2.24. The van der Waals surface area contributed by atoms with Crippen molar-refractivity contribution in [1.82, 2.24) is 10.2 Å². The average Bonchev–Trinajstić information content (AvgIpc) is 2.61. The monoisotopic (exact) mass is 394 g/mol. The minimum absolute atomic E-state index is 0.0795. The van der Waals surface area contributed by atoms with Gasteiger partial charge in [-0.2, -0.15) is 0 Å². The predicted molar refractivity (Wildman–Crippen MR) is 104 cm³/mol. The molecule has 0 heterocycles. The molecule has 8 heteroatoms. The summed E-state index contributed by atoms with van der Waals surface area (Å²) in [5.41, 5.74) is 0.255. The van der Waals surface area contributed by atoms with E-state index in [0.717, 1.165) is 10.5 Å². The number of hydrogen-bond acceptors (Lipinski definition) is 5. The van der Waals surface area contributed by atoms with Crippen LogP contribution in [-0.2, 0) is 20.9 Å². The molecule has 0 spiro atoms. The van der Waals surface area contributed by atoms with Gasteiger partial charge in [0.05, 0.1) is 0 Å². The molecule has 1 aromatic rings. The maximum atomic E-state index is 12.1. The molecule has 1 rings (SSSR count). The molecule has 0 aliphatic heterocycles. The lowest BCUT2D eigenvalue weighted by Crippen LogP contribution is -2.42. The molecule has 0 radical (unpaired) electrons. The van der Waals surface area contributed by atoms with E-state index in [1.807, 2.05) is 30.3 Å². The second-order valence-electron chi connectivity index (χ2n) is 7.43. The first-order chi connectivity index (χ1) is 13.1. The van der Waals surface area contributed by atoms with Crippen LogP contribution in [-0.4, -0.2) is 53.4 Å². The molecular weight excluding hydrogens is 364 g/mol. The van der Waals surface area contributed by atoms with Crippen molar-refractivity contribution >= 4 is 18.2 Å². The van der Waals surface area contributed by atoms with Gasteiger partial charge in [0.1, 0.15) is 18.2 Å². The fourth-order valence-corrected chi connectivity index (χ4v) is 2.40. The van der Waals surface area contributed by atoms with Crippen LogP contribution in [0.5, 0.6) is 0 Å². The topological polar surface area (TPSA) is 105 Å². The zero-order chi connectivity index (χ0) is 21.2. The van der Waals surface area contributed by atoms with Crippen molar-refractivity contribution in [3.05, 3.63) is 35.9 Å². The second-order valence-corrected chi connectivity index (χ2v) is 7.43. The van der Waals surface area contributed by atoms with E-state index < -0.39 is 29.8 Å². The third-order valence-corrected chi connectivity index (χ3v) is 3.82. The lowest BCUT2D eigenvalue weighted by molar-refractivity contribution is -0.142. The van der Waals surface area contributed by atoms with Crippen LogP contribution in [0, 0.1) is 0 Å². The minimum atomic E-state index is -1.10. The number of aliphatic carboxylic acids is 1. The van der Waals surface area contributed by atoms with Crippen molar-refractivity contribution in [3.63, 3.8) is 0 Å². The summed E-state index contributed by atoms with van der Waals surface area (Å²) >= 11 is 0. The first-order valence-corrected chi connectivity index (χ1v) is 9.23. The maximum Gasteiger partial charge on any atom is 0.410 e. The summed E-state index contributed by atoms with van der Waals surface area (Å²) < 4.78 is 10.3. The number of carboxylic acids is 1. The van der Waals surface area contributed by atoms with E-state index in [-0.39, 0.29) is 13.0 Å². The molecule has 0 fully saturated rings. The van der Waals surface area contributed by atoms with Gasteiger partial charge in [-0.3, -0.25) is 4.90 Å². The molecular formula is C20H30N2O6. The van der Waals surface area contributed by atoms with Gasteiger partial charge in [-0.1, -0.05) is 30.3 Å². The second kappa shape index (κ2) is 11.2. The van der Waals surface area contributed by atoms with Crippen LogP contribution in [0.4, 0.5) is 9.59 Å². The van der Waals surface area contributed by atoms with Gasteiger partial charge < -0.3 is 19.9 Å². The number of alkyl carbamates (subject to hydrolysis) is 1. The van der Waals surface area contributed by atoms with Gasteiger partial charge in [-0.15, -0.1) is 0 Å². The molecule has 0 bridgehead atoms. The first kappa shape index (κ1) is 23.3. The molecule has 0 aromatic heterocycles. The van der Waals surface area contributed by atoms with Crippen LogP contribution in [0.2, 0.25) is 0 Å². The van der Waals surface area contributed by atoms with Gasteiger partial charge in [-0.05, 0) is 45.6 Å². The summed E-state index contributed by atoms with van der Waals surface area (Å²) in [5.74, 6) is -1.10. The van der Waals surface area contributed by atoms with Crippen molar-refractivity contribution in [3.8, 4) is 0 Å². The highest BCUT2D eigenvalue weighted by atomic mass is 16.6.